The minimum atomic E-state index is -1.09. The van der Waals surface area contributed by atoms with Crippen LogP contribution in [0.25, 0.3) is 0 Å². The SMILES string of the molecule is COC(=O)c1cc2c(cc1I)OC(C)(C)C(=O)N2CCNC(=O)OCc1ccccc1. The highest BCUT2D eigenvalue weighted by Gasteiger charge is 2.41. The van der Waals surface area contributed by atoms with E-state index in [4.69, 9.17) is 14.2 Å². The van der Waals surface area contributed by atoms with E-state index < -0.39 is 17.7 Å². The molecule has 164 valence electrons. The van der Waals surface area contributed by atoms with Gasteiger partial charge in [0.1, 0.15) is 12.4 Å². The fraction of sp³-hybridized carbons (Fsp3) is 0.318. The number of hydrogen-bond donors (Lipinski definition) is 1. The molecule has 1 aliphatic heterocycles. The summed E-state index contributed by atoms with van der Waals surface area (Å²) in [5.74, 6) is -0.308. The molecule has 0 aromatic heterocycles. The Morgan fingerprint density at radius 2 is 1.90 bits per heavy atom. The van der Waals surface area contributed by atoms with Crippen LogP contribution < -0.4 is 15.0 Å². The third-order valence-electron chi connectivity index (χ3n) is 4.69. The summed E-state index contributed by atoms with van der Waals surface area (Å²) in [4.78, 5) is 38.6. The second-order valence-electron chi connectivity index (χ2n) is 7.35. The molecule has 1 aliphatic rings. The van der Waals surface area contributed by atoms with Crippen LogP contribution in [0.15, 0.2) is 42.5 Å². The highest BCUT2D eigenvalue weighted by atomic mass is 127. The van der Waals surface area contributed by atoms with Crippen molar-refractivity contribution in [3.8, 4) is 5.75 Å². The molecule has 3 rings (SSSR count). The van der Waals surface area contributed by atoms with E-state index >= 15 is 0 Å². The van der Waals surface area contributed by atoms with Gasteiger partial charge in [-0.3, -0.25) is 4.79 Å². The molecule has 9 heteroatoms. The van der Waals surface area contributed by atoms with E-state index in [-0.39, 0.29) is 25.6 Å². The van der Waals surface area contributed by atoms with Crippen LogP contribution in [0.5, 0.6) is 5.75 Å². The number of halogens is 1. The van der Waals surface area contributed by atoms with E-state index in [9.17, 15) is 14.4 Å². The van der Waals surface area contributed by atoms with Crippen molar-refractivity contribution in [2.45, 2.75) is 26.1 Å². The zero-order valence-corrected chi connectivity index (χ0v) is 19.6. The van der Waals surface area contributed by atoms with E-state index in [1.165, 1.54) is 12.0 Å². The van der Waals surface area contributed by atoms with Gasteiger partial charge in [-0.1, -0.05) is 30.3 Å². The van der Waals surface area contributed by atoms with Crippen molar-refractivity contribution >= 4 is 46.2 Å². The number of carbonyl (C=O) groups is 3. The van der Waals surface area contributed by atoms with Gasteiger partial charge in [-0.15, -0.1) is 0 Å². The van der Waals surface area contributed by atoms with Gasteiger partial charge in [-0.25, -0.2) is 9.59 Å². The van der Waals surface area contributed by atoms with Crippen molar-refractivity contribution in [3.05, 3.63) is 57.2 Å². The van der Waals surface area contributed by atoms with Crippen LogP contribution in [-0.4, -0.2) is 43.8 Å². The Bertz CT molecular complexity index is 993. The van der Waals surface area contributed by atoms with Gasteiger partial charge >= 0.3 is 12.1 Å². The summed E-state index contributed by atoms with van der Waals surface area (Å²) in [5, 5.41) is 2.65. The number of ether oxygens (including phenoxy) is 3. The summed E-state index contributed by atoms with van der Waals surface area (Å²) in [6.45, 7) is 3.84. The van der Waals surface area contributed by atoms with Gasteiger partial charge < -0.3 is 24.4 Å². The Hall–Kier alpha value is -2.82. The van der Waals surface area contributed by atoms with Crippen molar-refractivity contribution in [3.63, 3.8) is 0 Å². The minimum absolute atomic E-state index is 0.153. The molecule has 0 aliphatic carbocycles. The minimum Gasteiger partial charge on any atom is -0.476 e. The number of methoxy groups -OCH3 is 1. The number of nitrogens with one attached hydrogen (secondary N) is 1. The first-order valence-electron chi connectivity index (χ1n) is 9.60. The van der Waals surface area contributed by atoms with E-state index in [0.29, 0.717) is 20.6 Å². The maximum Gasteiger partial charge on any atom is 0.407 e. The molecule has 2 amide bonds. The van der Waals surface area contributed by atoms with Gasteiger partial charge in [0, 0.05) is 16.7 Å². The van der Waals surface area contributed by atoms with Crippen molar-refractivity contribution in [1.29, 1.82) is 0 Å². The molecule has 8 nitrogen and oxygen atoms in total. The monoisotopic (exact) mass is 538 g/mol. The van der Waals surface area contributed by atoms with Crippen LogP contribution in [0.1, 0.15) is 29.8 Å². The second kappa shape index (κ2) is 9.54. The van der Waals surface area contributed by atoms with Crippen LogP contribution in [0.2, 0.25) is 0 Å². The standard InChI is InChI=1S/C22H23IN2O6/c1-22(2)20(27)25(10-9-24-21(28)30-13-14-7-5-4-6-8-14)17-11-15(19(26)29-3)16(23)12-18(17)31-22/h4-8,11-12H,9-10,13H2,1-3H3,(H,24,28). The highest BCUT2D eigenvalue weighted by molar-refractivity contribution is 14.1. The maximum atomic E-state index is 13.0. The zero-order valence-electron chi connectivity index (χ0n) is 17.4. The molecular weight excluding hydrogens is 515 g/mol. The Labute approximate surface area is 194 Å². The lowest BCUT2D eigenvalue weighted by Crippen LogP contribution is -2.54. The molecule has 1 heterocycles. The molecule has 0 spiro atoms. The molecule has 2 aromatic rings. The first-order chi connectivity index (χ1) is 14.7. The van der Waals surface area contributed by atoms with Crippen molar-refractivity contribution in [2.75, 3.05) is 25.1 Å². The highest BCUT2D eigenvalue weighted by Crippen LogP contribution is 2.40. The molecule has 31 heavy (non-hydrogen) atoms. The normalized spacial score (nSPS) is 14.3. The zero-order chi connectivity index (χ0) is 22.6. The fourth-order valence-corrected chi connectivity index (χ4v) is 3.78. The van der Waals surface area contributed by atoms with Gasteiger partial charge in [-0.05, 0) is 54.1 Å². The van der Waals surface area contributed by atoms with Gasteiger partial charge in [-0.2, -0.15) is 0 Å². The van der Waals surface area contributed by atoms with E-state index in [1.54, 1.807) is 26.0 Å². The number of benzene rings is 2. The number of fused-ring (bicyclic) bond motifs is 1. The Morgan fingerprint density at radius 3 is 2.58 bits per heavy atom. The molecule has 0 saturated heterocycles. The summed E-state index contributed by atoms with van der Waals surface area (Å²) in [5.41, 5.74) is 0.570. The van der Waals surface area contributed by atoms with Crippen LogP contribution in [0.3, 0.4) is 0 Å². The average molecular weight is 538 g/mol. The number of esters is 1. The van der Waals surface area contributed by atoms with E-state index in [1.807, 2.05) is 52.9 Å². The second-order valence-corrected chi connectivity index (χ2v) is 8.51. The molecule has 0 bridgehead atoms. The van der Waals surface area contributed by atoms with Crippen LogP contribution in [-0.2, 0) is 20.9 Å². The Morgan fingerprint density at radius 1 is 1.19 bits per heavy atom. The third-order valence-corrected chi connectivity index (χ3v) is 5.58. The molecule has 0 radical (unpaired) electrons. The molecule has 1 N–H and O–H groups in total. The third kappa shape index (κ3) is 5.27. The number of carbonyl (C=O) groups excluding carboxylic acids is 3. The van der Waals surface area contributed by atoms with Crippen LogP contribution >= 0.6 is 22.6 Å². The van der Waals surface area contributed by atoms with Gasteiger partial charge in [0.2, 0.25) is 0 Å². The summed E-state index contributed by atoms with van der Waals surface area (Å²) in [6.07, 6.45) is -0.582. The van der Waals surface area contributed by atoms with Gasteiger partial charge in [0.25, 0.3) is 5.91 Å². The van der Waals surface area contributed by atoms with Crippen molar-refractivity contribution in [2.24, 2.45) is 0 Å². The number of anilines is 1. The van der Waals surface area contributed by atoms with Crippen molar-refractivity contribution in [1.82, 2.24) is 5.32 Å². The number of rotatable bonds is 6. The maximum absolute atomic E-state index is 13.0. The lowest BCUT2D eigenvalue weighted by Gasteiger charge is -2.39. The molecule has 0 saturated carbocycles. The van der Waals surface area contributed by atoms with Crippen LogP contribution in [0, 0.1) is 3.57 Å². The summed E-state index contributed by atoms with van der Waals surface area (Å²) >= 11 is 2.02. The smallest absolute Gasteiger partial charge is 0.407 e. The fourth-order valence-electron chi connectivity index (χ4n) is 3.12. The van der Waals surface area contributed by atoms with Gasteiger partial charge in [0.05, 0.1) is 18.4 Å². The summed E-state index contributed by atoms with van der Waals surface area (Å²) in [7, 11) is 1.30. The van der Waals surface area contributed by atoms with Gasteiger partial charge in [0.15, 0.2) is 5.60 Å². The van der Waals surface area contributed by atoms with Crippen LogP contribution in [0.4, 0.5) is 10.5 Å². The number of amides is 2. The largest absolute Gasteiger partial charge is 0.476 e. The first kappa shape index (κ1) is 22.9. The first-order valence-corrected chi connectivity index (χ1v) is 10.7. The summed E-state index contributed by atoms with van der Waals surface area (Å²) < 4.78 is 16.5. The number of hydrogen-bond acceptors (Lipinski definition) is 6. The van der Waals surface area contributed by atoms with Crippen molar-refractivity contribution < 1.29 is 28.6 Å². The predicted octanol–water partition coefficient (Wildman–Crippen LogP) is 3.51. The molecule has 0 atom stereocenters. The number of alkyl carbamates (subject to hydrolysis) is 1. The van der Waals surface area contributed by atoms with E-state index in [0.717, 1.165) is 5.56 Å². The Balaban J connectivity index is 1.70. The molecule has 0 fully saturated rings. The molecular formula is C22H23IN2O6. The Kier molecular flexibility index (Phi) is 7.04. The quantitative estimate of drug-likeness (QED) is 0.447. The molecule has 2 aromatic carbocycles. The van der Waals surface area contributed by atoms with E-state index in [2.05, 4.69) is 5.32 Å². The average Bonchev–Trinajstić information content (AvgIpc) is 2.74. The lowest BCUT2D eigenvalue weighted by molar-refractivity contribution is -0.132. The summed E-state index contributed by atoms with van der Waals surface area (Å²) in [6, 6.07) is 12.6. The predicted molar refractivity (Wildman–Crippen MR) is 122 cm³/mol. The topological polar surface area (TPSA) is 94.2 Å². The lowest BCUT2D eigenvalue weighted by atomic mass is 10.0. The number of nitrogens with zero attached hydrogens (tertiary/aromatic N) is 1. The molecule has 0 unspecified atom stereocenters.